The summed E-state index contributed by atoms with van der Waals surface area (Å²) in [6.45, 7) is 0.0323. The number of ether oxygens (including phenoxy) is 2. The molecule has 0 unspecified atom stereocenters. The fourth-order valence-corrected chi connectivity index (χ4v) is 3.17. The van der Waals surface area contributed by atoms with Crippen molar-refractivity contribution in [2.45, 2.75) is 17.7 Å². The predicted octanol–water partition coefficient (Wildman–Crippen LogP) is 0.801. The van der Waals surface area contributed by atoms with Crippen LogP contribution in [0.2, 0.25) is 0 Å². The second-order valence-corrected chi connectivity index (χ2v) is 7.15. The van der Waals surface area contributed by atoms with Crippen molar-refractivity contribution in [2.24, 2.45) is 0 Å². The number of carboxylic acid groups (broad SMARTS) is 1. The van der Waals surface area contributed by atoms with Crippen LogP contribution in [0.1, 0.15) is 12.8 Å². The summed E-state index contributed by atoms with van der Waals surface area (Å²) < 4.78 is 34.8. The molecular weight excluding hydrogens is 338 g/mol. The first-order valence-electron chi connectivity index (χ1n) is 7.11. The van der Waals surface area contributed by atoms with Crippen molar-refractivity contribution >= 4 is 21.7 Å². The molecule has 0 saturated heterocycles. The van der Waals surface area contributed by atoms with E-state index in [2.05, 4.69) is 0 Å². The molecule has 1 amide bonds. The van der Waals surface area contributed by atoms with Crippen molar-refractivity contribution in [2.75, 3.05) is 33.6 Å². The zero-order valence-electron chi connectivity index (χ0n) is 13.8. The van der Waals surface area contributed by atoms with Crippen molar-refractivity contribution in [3.8, 4) is 11.5 Å². The van der Waals surface area contributed by atoms with Crippen LogP contribution in [0.4, 0.5) is 0 Å². The van der Waals surface area contributed by atoms with Gasteiger partial charge in [-0.15, -0.1) is 0 Å². The minimum absolute atomic E-state index is 0.0288. The van der Waals surface area contributed by atoms with Gasteiger partial charge in [-0.25, -0.2) is 8.42 Å². The minimum atomic E-state index is -3.68. The number of carboxylic acids is 1. The number of sulfone groups is 1. The van der Waals surface area contributed by atoms with Crippen LogP contribution in [0.3, 0.4) is 0 Å². The number of rotatable bonds is 9. The van der Waals surface area contributed by atoms with Crippen molar-refractivity contribution in [1.29, 1.82) is 0 Å². The monoisotopic (exact) mass is 359 g/mol. The largest absolute Gasteiger partial charge is 0.493 e. The third-order valence-corrected chi connectivity index (χ3v) is 5.10. The molecule has 1 N–H and O–H groups in total. The lowest BCUT2D eigenvalue weighted by molar-refractivity contribution is -0.138. The van der Waals surface area contributed by atoms with Crippen LogP contribution in [-0.4, -0.2) is 63.9 Å². The van der Waals surface area contributed by atoms with E-state index in [-0.39, 0.29) is 35.8 Å². The maximum Gasteiger partial charge on any atom is 0.305 e. The number of hydrogen-bond donors (Lipinski definition) is 1. The summed E-state index contributed by atoms with van der Waals surface area (Å²) in [5.41, 5.74) is 0. The van der Waals surface area contributed by atoms with Crippen LogP contribution < -0.4 is 9.47 Å². The van der Waals surface area contributed by atoms with E-state index < -0.39 is 21.7 Å². The summed E-state index contributed by atoms with van der Waals surface area (Å²) in [7, 11) is 0.602. The van der Waals surface area contributed by atoms with Crippen LogP contribution in [0.5, 0.6) is 11.5 Å². The molecule has 9 heteroatoms. The summed E-state index contributed by atoms with van der Waals surface area (Å²) in [5.74, 6) is -1.14. The molecule has 134 valence electrons. The van der Waals surface area contributed by atoms with Crippen molar-refractivity contribution < 1.29 is 32.6 Å². The van der Waals surface area contributed by atoms with Gasteiger partial charge in [-0.2, -0.15) is 0 Å². The van der Waals surface area contributed by atoms with E-state index in [9.17, 15) is 18.0 Å². The molecule has 0 fully saturated rings. The molecule has 24 heavy (non-hydrogen) atoms. The lowest BCUT2D eigenvalue weighted by Crippen LogP contribution is -2.30. The highest BCUT2D eigenvalue weighted by Gasteiger charge is 2.20. The molecule has 1 rings (SSSR count). The zero-order chi connectivity index (χ0) is 18.3. The number of nitrogens with zero attached hydrogens (tertiary/aromatic N) is 1. The van der Waals surface area contributed by atoms with E-state index in [0.29, 0.717) is 5.75 Å². The molecule has 1 aromatic carbocycles. The number of carbonyl (C=O) groups is 2. The van der Waals surface area contributed by atoms with Gasteiger partial charge in [-0.1, -0.05) is 0 Å². The van der Waals surface area contributed by atoms with E-state index in [4.69, 9.17) is 14.6 Å². The minimum Gasteiger partial charge on any atom is -0.493 e. The Morgan fingerprint density at radius 2 is 1.75 bits per heavy atom. The number of carbonyl (C=O) groups excluding carboxylic acids is 1. The number of hydrogen-bond acceptors (Lipinski definition) is 6. The van der Waals surface area contributed by atoms with Crippen LogP contribution >= 0.6 is 0 Å². The topological polar surface area (TPSA) is 110 Å². The zero-order valence-corrected chi connectivity index (χ0v) is 14.6. The molecule has 0 atom stereocenters. The fraction of sp³-hybridized carbons (Fsp3) is 0.467. The Hall–Kier alpha value is -2.29. The van der Waals surface area contributed by atoms with E-state index in [0.717, 1.165) is 0 Å². The molecule has 8 nitrogen and oxygen atoms in total. The number of benzene rings is 1. The van der Waals surface area contributed by atoms with Crippen LogP contribution in [0, 0.1) is 0 Å². The third kappa shape index (κ3) is 5.41. The van der Waals surface area contributed by atoms with Crippen molar-refractivity contribution in [3.63, 3.8) is 0 Å². The summed E-state index contributed by atoms with van der Waals surface area (Å²) in [6.07, 6.45) is -0.419. The van der Waals surface area contributed by atoms with Crippen LogP contribution in [0.15, 0.2) is 23.1 Å². The smallest absolute Gasteiger partial charge is 0.305 e. The Balaban J connectivity index is 2.76. The van der Waals surface area contributed by atoms with Gasteiger partial charge in [-0.05, 0) is 12.1 Å². The highest BCUT2D eigenvalue weighted by atomic mass is 32.2. The Morgan fingerprint density at radius 3 is 2.29 bits per heavy atom. The number of amides is 1. The molecule has 0 bridgehead atoms. The SMILES string of the molecule is COc1ccc(S(=O)(=O)CCC(=O)N(C)CCC(=O)O)cc1OC. The summed E-state index contributed by atoms with van der Waals surface area (Å²) in [5, 5.41) is 8.59. The van der Waals surface area contributed by atoms with Gasteiger partial charge in [0.1, 0.15) is 0 Å². The molecule has 0 saturated carbocycles. The number of aliphatic carboxylic acids is 1. The average Bonchev–Trinajstić information content (AvgIpc) is 2.56. The fourth-order valence-electron chi connectivity index (χ4n) is 1.93. The molecule has 1 aromatic rings. The highest BCUT2D eigenvalue weighted by Crippen LogP contribution is 2.29. The highest BCUT2D eigenvalue weighted by molar-refractivity contribution is 7.91. The summed E-state index contributed by atoms with van der Waals surface area (Å²) >= 11 is 0. The maximum atomic E-state index is 12.3. The molecule has 0 aliphatic carbocycles. The Kier molecular flexibility index (Phi) is 7.02. The van der Waals surface area contributed by atoms with E-state index >= 15 is 0 Å². The molecular formula is C15H21NO7S. The van der Waals surface area contributed by atoms with Gasteiger partial charge in [0.25, 0.3) is 0 Å². The first-order valence-corrected chi connectivity index (χ1v) is 8.77. The van der Waals surface area contributed by atoms with E-state index in [1.54, 1.807) is 0 Å². The lowest BCUT2D eigenvalue weighted by atomic mass is 10.3. The quantitative estimate of drug-likeness (QED) is 0.694. The van der Waals surface area contributed by atoms with Gasteiger partial charge >= 0.3 is 5.97 Å². The maximum absolute atomic E-state index is 12.3. The Labute approximate surface area is 140 Å². The van der Waals surface area contributed by atoms with Gasteiger partial charge < -0.3 is 19.5 Å². The molecule has 0 aliphatic heterocycles. The van der Waals surface area contributed by atoms with Gasteiger partial charge in [-0.3, -0.25) is 9.59 Å². The Bertz CT molecular complexity index is 700. The summed E-state index contributed by atoms with van der Waals surface area (Å²) in [6, 6.07) is 4.20. The van der Waals surface area contributed by atoms with Gasteiger partial charge in [0.2, 0.25) is 5.91 Å². The molecule has 0 aliphatic rings. The Morgan fingerprint density at radius 1 is 1.12 bits per heavy atom. The predicted molar refractivity (Wildman–Crippen MR) is 86.1 cm³/mol. The molecule has 0 heterocycles. The first-order chi connectivity index (χ1) is 11.2. The average molecular weight is 359 g/mol. The van der Waals surface area contributed by atoms with Gasteiger partial charge in [0.05, 0.1) is 31.3 Å². The standard InChI is InChI=1S/C15H21NO7S/c1-16(8-6-15(18)19)14(17)7-9-24(20,21)11-4-5-12(22-2)13(10-11)23-3/h4-5,10H,6-9H2,1-3H3,(H,18,19). The second kappa shape index (κ2) is 8.53. The van der Waals surface area contributed by atoms with Crippen LogP contribution in [0.25, 0.3) is 0 Å². The lowest BCUT2D eigenvalue weighted by Gasteiger charge is -2.16. The molecule has 0 aromatic heterocycles. The first kappa shape index (κ1) is 19.8. The molecule has 0 radical (unpaired) electrons. The normalized spacial score (nSPS) is 11.0. The second-order valence-electron chi connectivity index (χ2n) is 5.04. The van der Waals surface area contributed by atoms with Gasteiger partial charge in [0.15, 0.2) is 21.3 Å². The van der Waals surface area contributed by atoms with Crippen LogP contribution in [-0.2, 0) is 19.4 Å². The third-order valence-electron chi connectivity index (χ3n) is 3.39. The number of methoxy groups -OCH3 is 2. The summed E-state index contributed by atoms with van der Waals surface area (Å²) in [4.78, 5) is 23.6. The van der Waals surface area contributed by atoms with Crippen molar-refractivity contribution in [1.82, 2.24) is 4.90 Å². The van der Waals surface area contributed by atoms with E-state index in [1.807, 2.05) is 0 Å². The van der Waals surface area contributed by atoms with E-state index in [1.165, 1.54) is 44.4 Å². The van der Waals surface area contributed by atoms with Crippen molar-refractivity contribution in [3.05, 3.63) is 18.2 Å². The van der Waals surface area contributed by atoms with Gasteiger partial charge in [0, 0.05) is 26.1 Å². The molecule has 0 spiro atoms.